The van der Waals surface area contributed by atoms with Gasteiger partial charge in [-0.05, 0) is 57.4 Å². The van der Waals surface area contributed by atoms with E-state index < -0.39 is 4.92 Å². The van der Waals surface area contributed by atoms with Crippen molar-refractivity contribution in [3.05, 3.63) is 58.3 Å². The number of aromatic nitrogens is 1. The minimum Gasteiger partial charge on any atom is -0.491 e. The summed E-state index contributed by atoms with van der Waals surface area (Å²) >= 11 is 0. The average Bonchev–Trinajstić information content (AvgIpc) is 2.54. The molecule has 0 spiro atoms. The Labute approximate surface area is 142 Å². The van der Waals surface area contributed by atoms with E-state index in [4.69, 9.17) is 4.74 Å². The van der Waals surface area contributed by atoms with Crippen LogP contribution in [0.4, 0.5) is 11.5 Å². The fourth-order valence-electron chi connectivity index (χ4n) is 2.35. The van der Waals surface area contributed by atoms with Gasteiger partial charge in [0.1, 0.15) is 5.75 Å². The number of nitrogens with zero attached hydrogens (tertiary/aromatic N) is 2. The van der Waals surface area contributed by atoms with Crippen LogP contribution in [0.1, 0.15) is 32.8 Å². The number of rotatable bonds is 8. The van der Waals surface area contributed by atoms with Gasteiger partial charge in [0.25, 0.3) is 0 Å². The Bertz CT molecular complexity index is 671. The number of nitrogens with one attached hydrogen (secondary N) is 1. The van der Waals surface area contributed by atoms with Crippen LogP contribution in [0.2, 0.25) is 0 Å². The van der Waals surface area contributed by atoms with Crippen LogP contribution in [0.3, 0.4) is 0 Å². The maximum atomic E-state index is 11.0. The summed E-state index contributed by atoms with van der Waals surface area (Å²) in [5.74, 6) is 1.18. The quantitative estimate of drug-likeness (QED) is 0.580. The summed E-state index contributed by atoms with van der Waals surface area (Å²) in [5, 5.41) is 14.1. The maximum Gasteiger partial charge on any atom is 0.311 e. The van der Waals surface area contributed by atoms with Crippen LogP contribution in [-0.2, 0) is 6.42 Å². The smallest absolute Gasteiger partial charge is 0.311 e. The van der Waals surface area contributed by atoms with Crippen molar-refractivity contribution in [2.75, 3.05) is 5.32 Å². The van der Waals surface area contributed by atoms with Crippen molar-refractivity contribution >= 4 is 11.5 Å². The van der Waals surface area contributed by atoms with Gasteiger partial charge in [0.2, 0.25) is 5.82 Å². The lowest BCUT2D eigenvalue weighted by Crippen LogP contribution is -2.17. The molecule has 0 saturated heterocycles. The standard InChI is InChI=1S/C18H23N3O3/c1-13(2)24-16-10-8-15(9-11-16)7-6-14(3)20-18-17(21(22)23)5-4-12-19-18/h4-5,8-14H,6-7H2,1-3H3,(H,19,20)/t14-/m0/s1. The van der Waals surface area contributed by atoms with Crippen LogP contribution in [0.25, 0.3) is 0 Å². The molecule has 0 unspecified atom stereocenters. The fourth-order valence-corrected chi connectivity index (χ4v) is 2.35. The second-order valence-electron chi connectivity index (χ2n) is 6.02. The Morgan fingerprint density at radius 3 is 2.54 bits per heavy atom. The van der Waals surface area contributed by atoms with Crippen molar-refractivity contribution in [2.24, 2.45) is 0 Å². The van der Waals surface area contributed by atoms with Gasteiger partial charge >= 0.3 is 5.69 Å². The molecule has 1 heterocycles. The van der Waals surface area contributed by atoms with E-state index >= 15 is 0 Å². The highest BCUT2D eigenvalue weighted by molar-refractivity contribution is 5.55. The minimum atomic E-state index is -0.421. The van der Waals surface area contributed by atoms with E-state index in [9.17, 15) is 10.1 Å². The molecule has 0 amide bonds. The summed E-state index contributed by atoms with van der Waals surface area (Å²) in [5.41, 5.74) is 1.20. The Kier molecular flexibility index (Phi) is 6.12. The average molecular weight is 329 g/mol. The van der Waals surface area contributed by atoms with E-state index in [2.05, 4.69) is 10.3 Å². The highest BCUT2D eigenvalue weighted by Gasteiger charge is 2.15. The van der Waals surface area contributed by atoms with Crippen LogP contribution >= 0.6 is 0 Å². The molecule has 1 aromatic carbocycles. The van der Waals surface area contributed by atoms with E-state index in [0.717, 1.165) is 18.6 Å². The van der Waals surface area contributed by atoms with Gasteiger partial charge < -0.3 is 10.1 Å². The zero-order chi connectivity index (χ0) is 17.5. The zero-order valence-corrected chi connectivity index (χ0v) is 14.2. The summed E-state index contributed by atoms with van der Waals surface area (Å²) in [6.07, 6.45) is 3.43. The summed E-state index contributed by atoms with van der Waals surface area (Å²) in [7, 11) is 0. The molecule has 1 aromatic heterocycles. The first-order valence-corrected chi connectivity index (χ1v) is 8.07. The van der Waals surface area contributed by atoms with Crippen LogP contribution in [0.15, 0.2) is 42.6 Å². The lowest BCUT2D eigenvalue weighted by atomic mass is 10.1. The number of anilines is 1. The van der Waals surface area contributed by atoms with E-state index in [-0.39, 0.29) is 17.8 Å². The molecule has 6 nitrogen and oxygen atoms in total. The van der Waals surface area contributed by atoms with Crippen LogP contribution in [-0.4, -0.2) is 22.1 Å². The Balaban J connectivity index is 1.89. The molecule has 0 aliphatic heterocycles. The molecular formula is C18H23N3O3. The first-order chi connectivity index (χ1) is 11.5. The molecular weight excluding hydrogens is 306 g/mol. The predicted molar refractivity (Wildman–Crippen MR) is 94.5 cm³/mol. The van der Waals surface area contributed by atoms with Crippen LogP contribution in [0.5, 0.6) is 5.75 Å². The normalized spacial score (nSPS) is 12.0. The molecule has 2 rings (SSSR count). The second-order valence-corrected chi connectivity index (χ2v) is 6.02. The number of ether oxygens (including phenoxy) is 1. The number of aryl methyl sites for hydroxylation is 1. The summed E-state index contributed by atoms with van der Waals surface area (Å²) in [4.78, 5) is 14.6. The van der Waals surface area contributed by atoms with Crippen molar-refractivity contribution in [2.45, 2.75) is 45.8 Å². The Hall–Kier alpha value is -2.63. The SMILES string of the molecule is CC(C)Oc1ccc(CC[C@H](C)Nc2ncccc2[N+](=O)[O-])cc1. The first kappa shape index (κ1) is 17.7. The molecule has 0 saturated carbocycles. The molecule has 128 valence electrons. The molecule has 0 radical (unpaired) electrons. The molecule has 6 heteroatoms. The third-order valence-electron chi connectivity index (χ3n) is 3.53. The molecule has 0 fully saturated rings. The lowest BCUT2D eigenvalue weighted by molar-refractivity contribution is -0.384. The maximum absolute atomic E-state index is 11.0. The largest absolute Gasteiger partial charge is 0.491 e. The van der Waals surface area contributed by atoms with Crippen LogP contribution in [0, 0.1) is 10.1 Å². The van der Waals surface area contributed by atoms with Gasteiger partial charge in [-0.2, -0.15) is 0 Å². The van der Waals surface area contributed by atoms with Gasteiger partial charge in [-0.25, -0.2) is 4.98 Å². The monoisotopic (exact) mass is 329 g/mol. The highest BCUT2D eigenvalue weighted by Crippen LogP contribution is 2.22. The van der Waals surface area contributed by atoms with Crippen molar-refractivity contribution in [3.63, 3.8) is 0 Å². The van der Waals surface area contributed by atoms with Crippen molar-refractivity contribution in [1.29, 1.82) is 0 Å². The van der Waals surface area contributed by atoms with Gasteiger partial charge in [0.05, 0.1) is 11.0 Å². The second kappa shape index (κ2) is 8.29. The topological polar surface area (TPSA) is 77.3 Å². The van der Waals surface area contributed by atoms with E-state index in [1.807, 2.05) is 45.0 Å². The Morgan fingerprint density at radius 1 is 1.21 bits per heavy atom. The van der Waals surface area contributed by atoms with Crippen molar-refractivity contribution in [3.8, 4) is 5.75 Å². The lowest BCUT2D eigenvalue weighted by Gasteiger charge is -2.15. The first-order valence-electron chi connectivity index (χ1n) is 8.07. The molecule has 24 heavy (non-hydrogen) atoms. The molecule has 0 aliphatic rings. The third-order valence-corrected chi connectivity index (χ3v) is 3.53. The number of pyridine rings is 1. The van der Waals surface area contributed by atoms with E-state index in [0.29, 0.717) is 5.82 Å². The Morgan fingerprint density at radius 2 is 1.92 bits per heavy atom. The van der Waals surface area contributed by atoms with E-state index in [1.54, 1.807) is 12.3 Å². The molecule has 0 aliphatic carbocycles. The van der Waals surface area contributed by atoms with Crippen molar-refractivity contribution < 1.29 is 9.66 Å². The fraction of sp³-hybridized carbons (Fsp3) is 0.389. The number of benzene rings is 1. The molecule has 0 bridgehead atoms. The van der Waals surface area contributed by atoms with Crippen molar-refractivity contribution in [1.82, 2.24) is 4.98 Å². The number of hydrogen-bond donors (Lipinski definition) is 1. The number of hydrogen-bond acceptors (Lipinski definition) is 5. The van der Waals surface area contributed by atoms with Gasteiger partial charge in [-0.15, -0.1) is 0 Å². The zero-order valence-electron chi connectivity index (χ0n) is 14.2. The van der Waals surface area contributed by atoms with Crippen LogP contribution < -0.4 is 10.1 Å². The van der Waals surface area contributed by atoms with E-state index in [1.165, 1.54) is 11.6 Å². The van der Waals surface area contributed by atoms with Gasteiger partial charge in [0.15, 0.2) is 0 Å². The molecule has 2 aromatic rings. The molecule has 1 N–H and O–H groups in total. The van der Waals surface area contributed by atoms with Gasteiger partial charge in [0, 0.05) is 18.3 Å². The summed E-state index contributed by atoms with van der Waals surface area (Å²) in [6.45, 7) is 5.99. The number of nitro groups is 1. The summed E-state index contributed by atoms with van der Waals surface area (Å²) < 4.78 is 5.62. The van der Waals surface area contributed by atoms with Gasteiger partial charge in [-0.3, -0.25) is 10.1 Å². The predicted octanol–water partition coefficient (Wildman–Crippen LogP) is 4.21. The van der Waals surface area contributed by atoms with Gasteiger partial charge in [-0.1, -0.05) is 12.1 Å². The highest BCUT2D eigenvalue weighted by atomic mass is 16.6. The third kappa shape index (κ3) is 5.22. The minimum absolute atomic E-state index is 0.000429. The molecule has 1 atom stereocenters. The summed E-state index contributed by atoms with van der Waals surface area (Å²) in [6, 6.07) is 11.1.